The van der Waals surface area contributed by atoms with Gasteiger partial charge in [-0.2, -0.15) is 0 Å². The van der Waals surface area contributed by atoms with Gasteiger partial charge in [-0.05, 0) is 37.4 Å². The zero-order valence-electron chi connectivity index (χ0n) is 12.3. The second-order valence-corrected chi connectivity index (χ2v) is 5.50. The van der Waals surface area contributed by atoms with E-state index >= 15 is 0 Å². The number of piperidine rings is 1. The van der Waals surface area contributed by atoms with E-state index in [9.17, 15) is 0 Å². The van der Waals surface area contributed by atoms with Crippen molar-refractivity contribution in [1.29, 1.82) is 0 Å². The van der Waals surface area contributed by atoms with E-state index in [0.29, 0.717) is 6.04 Å². The Kier molecular flexibility index (Phi) is 4.79. The van der Waals surface area contributed by atoms with Gasteiger partial charge >= 0.3 is 0 Å². The summed E-state index contributed by atoms with van der Waals surface area (Å²) >= 11 is 0. The monoisotopic (exact) mass is 282 g/mol. The van der Waals surface area contributed by atoms with Gasteiger partial charge in [0.2, 0.25) is 5.95 Å². The SMILES string of the molecule is c1ccc(CCNC2CCN(c3ncccn3)CC2)cc1. The molecule has 1 aromatic carbocycles. The summed E-state index contributed by atoms with van der Waals surface area (Å²) in [4.78, 5) is 10.9. The van der Waals surface area contributed by atoms with Gasteiger partial charge in [0.05, 0.1) is 0 Å². The highest BCUT2D eigenvalue weighted by Gasteiger charge is 2.19. The molecule has 0 spiro atoms. The van der Waals surface area contributed by atoms with Gasteiger partial charge in [-0.25, -0.2) is 9.97 Å². The van der Waals surface area contributed by atoms with E-state index in [1.54, 1.807) is 0 Å². The topological polar surface area (TPSA) is 41.0 Å². The van der Waals surface area contributed by atoms with Crippen molar-refractivity contribution in [1.82, 2.24) is 15.3 Å². The summed E-state index contributed by atoms with van der Waals surface area (Å²) in [7, 11) is 0. The molecule has 2 heterocycles. The Morgan fingerprint density at radius 2 is 1.71 bits per heavy atom. The molecule has 0 saturated carbocycles. The lowest BCUT2D eigenvalue weighted by atomic mass is 10.0. The molecular formula is C17H22N4. The Bertz CT molecular complexity index is 518. The van der Waals surface area contributed by atoms with Gasteiger partial charge < -0.3 is 10.2 Å². The predicted octanol–water partition coefficient (Wildman–Crippen LogP) is 2.28. The zero-order valence-corrected chi connectivity index (χ0v) is 12.3. The molecule has 0 atom stereocenters. The minimum absolute atomic E-state index is 0.619. The van der Waals surface area contributed by atoms with Crippen LogP contribution < -0.4 is 10.2 Å². The molecule has 0 bridgehead atoms. The van der Waals surface area contributed by atoms with Crippen LogP contribution in [-0.2, 0) is 6.42 Å². The van der Waals surface area contributed by atoms with E-state index in [1.165, 1.54) is 5.56 Å². The lowest BCUT2D eigenvalue weighted by Crippen LogP contribution is -2.43. The molecular weight excluding hydrogens is 260 g/mol. The quantitative estimate of drug-likeness (QED) is 0.913. The lowest BCUT2D eigenvalue weighted by molar-refractivity contribution is 0.415. The Labute approximate surface area is 126 Å². The van der Waals surface area contributed by atoms with Gasteiger partial charge in [-0.1, -0.05) is 30.3 Å². The van der Waals surface area contributed by atoms with Crippen molar-refractivity contribution in [3.63, 3.8) is 0 Å². The van der Waals surface area contributed by atoms with E-state index in [1.807, 2.05) is 18.5 Å². The molecule has 3 rings (SSSR count). The summed E-state index contributed by atoms with van der Waals surface area (Å²) in [5.74, 6) is 0.861. The molecule has 1 aliphatic heterocycles. The third kappa shape index (κ3) is 4.02. The maximum absolute atomic E-state index is 4.32. The maximum Gasteiger partial charge on any atom is 0.225 e. The number of rotatable bonds is 5. The highest BCUT2D eigenvalue weighted by Crippen LogP contribution is 2.15. The van der Waals surface area contributed by atoms with Crippen LogP contribution in [0, 0.1) is 0 Å². The fraction of sp³-hybridized carbons (Fsp3) is 0.412. The highest BCUT2D eigenvalue weighted by molar-refractivity contribution is 5.29. The smallest absolute Gasteiger partial charge is 0.225 e. The van der Waals surface area contributed by atoms with Crippen molar-refractivity contribution in [2.24, 2.45) is 0 Å². The average molecular weight is 282 g/mol. The van der Waals surface area contributed by atoms with Gasteiger partial charge in [-0.3, -0.25) is 0 Å². The van der Waals surface area contributed by atoms with Crippen LogP contribution in [0.25, 0.3) is 0 Å². The molecule has 1 aliphatic rings. The molecule has 0 radical (unpaired) electrons. The van der Waals surface area contributed by atoms with Crippen LogP contribution in [0.2, 0.25) is 0 Å². The first-order valence-electron chi connectivity index (χ1n) is 7.71. The zero-order chi connectivity index (χ0) is 14.3. The molecule has 2 aromatic rings. The van der Waals surface area contributed by atoms with E-state index < -0.39 is 0 Å². The first-order chi connectivity index (χ1) is 10.4. The van der Waals surface area contributed by atoms with E-state index in [-0.39, 0.29) is 0 Å². The third-order valence-corrected chi connectivity index (χ3v) is 4.02. The number of nitrogens with one attached hydrogen (secondary N) is 1. The van der Waals surface area contributed by atoms with Crippen LogP contribution in [0.5, 0.6) is 0 Å². The molecule has 0 aliphatic carbocycles. The van der Waals surface area contributed by atoms with Crippen LogP contribution in [0.15, 0.2) is 48.8 Å². The summed E-state index contributed by atoms with van der Waals surface area (Å²) in [5.41, 5.74) is 1.40. The number of hydrogen-bond acceptors (Lipinski definition) is 4. The number of nitrogens with zero attached hydrogens (tertiary/aromatic N) is 3. The van der Waals surface area contributed by atoms with Crippen LogP contribution in [-0.4, -0.2) is 35.6 Å². The largest absolute Gasteiger partial charge is 0.341 e. The maximum atomic E-state index is 4.32. The van der Waals surface area contributed by atoms with Gasteiger partial charge in [0.1, 0.15) is 0 Å². The van der Waals surface area contributed by atoms with Crippen LogP contribution >= 0.6 is 0 Å². The van der Waals surface area contributed by atoms with Gasteiger partial charge in [-0.15, -0.1) is 0 Å². The van der Waals surface area contributed by atoms with E-state index in [4.69, 9.17) is 0 Å². The molecule has 0 unspecified atom stereocenters. The van der Waals surface area contributed by atoms with Crippen molar-refractivity contribution >= 4 is 5.95 Å². The van der Waals surface area contributed by atoms with Crippen LogP contribution in [0.4, 0.5) is 5.95 Å². The Hall–Kier alpha value is -1.94. The summed E-state index contributed by atoms with van der Waals surface area (Å²) in [6.45, 7) is 3.12. The second-order valence-electron chi connectivity index (χ2n) is 5.50. The number of anilines is 1. The van der Waals surface area contributed by atoms with E-state index in [0.717, 1.165) is 44.8 Å². The first-order valence-corrected chi connectivity index (χ1v) is 7.71. The van der Waals surface area contributed by atoms with Crippen molar-refractivity contribution in [3.8, 4) is 0 Å². The Balaban J connectivity index is 1.40. The summed E-state index contributed by atoms with van der Waals surface area (Å²) < 4.78 is 0. The fourth-order valence-electron chi connectivity index (χ4n) is 2.80. The van der Waals surface area contributed by atoms with Gasteiger partial charge in [0.15, 0.2) is 0 Å². The first kappa shape index (κ1) is 14.0. The molecule has 1 saturated heterocycles. The molecule has 21 heavy (non-hydrogen) atoms. The lowest BCUT2D eigenvalue weighted by Gasteiger charge is -2.32. The summed E-state index contributed by atoms with van der Waals surface area (Å²) in [5, 5.41) is 3.67. The summed E-state index contributed by atoms with van der Waals surface area (Å²) in [6.07, 6.45) is 7.04. The Morgan fingerprint density at radius 1 is 1.00 bits per heavy atom. The number of benzene rings is 1. The molecule has 4 heteroatoms. The average Bonchev–Trinajstić information content (AvgIpc) is 2.57. The molecule has 4 nitrogen and oxygen atoms in total. The molecule has 1 N–H and O–H groups in total. The van der Waals surface area contributed by atoms with Crippen molar-refractivity contribution in [2.45, 2.75) is 25.3 Å². The second kappa shape index (κ2) is 7.18. The number of aromatic nitrogens is 2. The highest BCUT2D eigenvalue weighted by atomic mass is 15.3. The van der Waals surface area contributed by atoms with Crippen molar-refractivity contribution in [3.05, 3.63) is 54.4 Å². The van der Waals surface area contributed by atoms with Crippen LogP contribution in [0.3, 0.4) is 0 Å². The predicted molar refractivity (Wildman–Crippen MR) is 85.4 cm³/mol. The molecule has 110 valence electrons. The normalized spacial score (nSPS) is 16.1. The molecule has 1 fully saturated rings. The van der Waals surface area contributed by atoms with Crippen molar-refractivity contribution < 1.29 is 0 Å². The Morgan fingerprint density at radius 3 is 2.43 bits per heavy atom. The minimum Gasteiger partial charge on any atom is -0.341 e. The summed E-state index contributed by atoms with van der Waals surface area (Å²) in [6, 6.07) is 13.1. The van der Waals surface area contributed by atoms with Gasteiger partial charge in [0, 0.05) is 31.5 Å². The molecule has 1 aromatic heterocycles. The minimum atomic E-state index is 0.619. The van der Waals surface area contributed by atoms with E-state index in [2.05, 4.69) is 50.5 Å². The number of hydrogen-bond donors (Lipinski definition) is 1. The van der Waals surface area contributed by atoms with Crippen LogP contribution in [0.1, 0.15) is 18.4 Å². The molecule has 0 amide bonds. The standard InChI is InChI=1S/C17H22N4/c1-2-5-15(6-3-1)7-12-18-16-8-13-21(14-9-16)17-19-10-4-11-20-17/h1-6,10-11,16,18H,7-9,12-14H2. The van der Waals surface area contributed by atoms with Gasteiger partial charge in [0.25, 0.3) is 0 Å². The van der Waals surface area contributed by atoms with Crippen molar-refractivity contribution in [2.75, 3.05) is 24.5 Å². The third-order valence-electron chi connectivity index (χ3n) is 4.02. The fourth-order valence-corrected chi connectivity index (χ4v) is 2.80.